The Bertz CT molecular complexity index is 1140. The first kappa shape index (κ1) is 21.6. The van der Waals surface area contributed by atoms with Crippen LogP contribution in [0.25, 0.3) is 0 Å². The highest BCUT2D eigenvalue weighted by Crippen LogP contribution is 2.67. The number of esters is 3. The van der Waals surface area contributed by atoms with Gasteiger partial charge in [0.1, 0.15) is 11.4 Å². The zero-order chi connectivity index (χ0) is 23.8. The molecule has 5 aliphatic rings. The summed E-state index contributed by atoms with van der Waals surface area (Å²) in [5.41, 5.74) is 0.429. The molecule has 1 aromatic rings. The van der Waals surface area contributed by atoms with Crippen LogP contribution in [0.4, 0.5) is 0 Å². The quantitative estimate of drug-likeness (QED) is 0.482. The van der Waals surface area contributed by atoms with Crippen molar-refractivity contribution in [1.82, 2.24) is 4.90 Å². The number of piperidine rings is 1. The largest absolute Gasteiger partial charge is 0.477 e. The third kappa shape index (κ3) is 2.90. The van der Waals surface area contributed by atoms with Crippen molar-refractivity contribution in [2.24, 2.45) is 5.92 Å². The van der Waals surface area contributed by atoms with Crippen LogP contribution in [0, 0.1) is 5.92 Å². The van der Waals surface area contributed by atoms with E-state index < -0.39 is 29.1 Å². The standard InChI is InChI=1S/C26H29NO7/c1-14(28)31-19-7-6-18-12-21-26(34-16(3)30)9-8-20(32-15(2)29)24-25(26,22(18)23(19)33-24)10-11-27(21)13-17-4-5-17/h6-8,17,21,24H,4-5,9-13H2,1-3H3/t21-,24+,25+,26-/m1/s1. The van der Waals surface area contributed by atoms with E-state index in [2.05, 4.69) is 4.90 Å². The average Bonchev–Trinajstić information content (AvgIpc) is 3.49. The van der Waals surface area contributed by atoms with E-state index in [9.17, 15) is 14.4 Å². The molecule has 0 amide bonds. The summed E-state index contributed by atoms with van der Waals surface area (Å²) in [4.78, 5) is 38.9. The Morgan fingerprint density at radius 1 is 1.09 bits per heavy atom. The minimum Gasteiger partial charge on any atom is -0.477 e. The maximum absolute atomic E-state index is 12.6. The van der Waals surface area contributed by atoms with Crippen LogP contribution >= 0.6 is 0 Å². The van der Waals surface area contributed by atoms with Gasteiger partial charge in [-0.2, -0.15) is 0 Å². The molecule has 1 saturated heterocycles. The molecule has 2 fully saturated rings. The van der Waals surface area contributed by atoms with Gasteiger partial charge in [-0.3, -0.25) is 19.3 Å². The molecule has 1 aromatic carbocycles. The van der Waals surface area contributed by atoms with Crippen LogP contribution in [0.15, 0.2) is 24.0 Å². The maximum Gasteiger partial charge on any atom is 0.308 e. The first-order valence-electron chi connectivity index (χ1n) is 12.1. The molecule has 8 heteroatoms. The molecule has 4 atom stereocenters. The summed E-state index contributed by atoms with van der Waals surface area (Å²) in [6, 6.07) is 3.75. The lowest BCUT2D eigenvalue weighted by molar-refractivity contribution is -0.206. The molecule has 6 rings (SSSR count). The van der Waals surface area contributed by atoms with Crippen LogP contribution in [0.5, 0.6) is 11.5 Å². The van der Waals surface area contributed by atoms with Gasteiger partial charge in [0.2, 0.25) is 0 Å². The van der Waals surface area contributed by atoms with Gasteiger partial charge in [0, 0.05) is 39.3 Å². The minimum absolute atomic E-state index is 0.0231. The number of nitrogens with zero attached hydrogens (tertiary/aromatic N) is 1. The van der Waals surface area contributed by atoms with Crippen LogP contribution in [0.1, 0.15) is 57.6 Å². The van der Waals surface area contributed by atoms with Gasteiger partial charge in [0.25, 0.3) is 0 Å². The van der Waals surface area contributed by atoms with Crippen LogP contribution in [0.2, 0.25) is 0 Å². The first-order valence-corrected chi connectivity index (χ1v) is 12.1. The van der Waals surface area contributed by atoms with Gasteiger partial charge in [-0.1, -0.05) is 6.07 Å². The fourth-order valence-corrected chi connectivity index (χ4v) is 6.98. The highest BCUT2D eigenvalue weighted by atomic mass is 16.6. The first-order chi connectivity index (χ1) is 16.2. The van der Waals surface area contributed by atoms with E-state index in [0.717, 1.165) is 24.2 Å². The molecule has 0 aromatic heterocycles. The van der Waals surface area contributed by atoms with Crippen molar-refractivity contribution in [3.8, 4) is 11.5 Å². The molecular formula is C26H29NO7. The van der Waals surface area contributed by atoms with Crippen molar-refractivity contribution in [2.75, 3.05) is 13.1 Å². The highest BCUT2D eigenvalue weighted by molar-refractivity contribution is 5.74. The summed E-state index contributed by atoms with van der Waals surface area (Å²) >= 11 is 0. The zero-order valence-electron chi connectivity index (χ0n) is 19.7. The number of carbonyl (C=O) groups is 3. The van der Waals surface area contributed by atoms with E-state index in [1.165, 1.54) is 33.6 Å². The minimum atomic E-state index is -0.868. The van der Waals surface area contributed by atoms with Crippen molar-refractivity contribution in [1.29, 1.82) is 0 Å². The third-order valence-corrected chi connectivity index (χ3v) is 8.17. The van der Waals surface area contributed by atoms with E-state index in [4.69, 9.17) is 18.9 Å². The van der Waals surface area contributed by atoms with E-state index in [-0.39, 0.29) is 12.0 Å². The molecule has 0 radical (unpaired) electrons. The summed E-state index contributed by atoms with van der Waals surface area (Å²) in [6.07, 6.45) is 5.49. The van der Waals surface area contributed by atoms with E-state index in [0.29, 0.717) is 42.4 Å². The molecule has 2 aliphatic heterocycles. The molecular weight excluding hydrogens is 438 g/mol. The van der Waals surface area contributed by atoms with Crippen molar-refractivity contribution < 1.29 is 33.3 Å². The van der Waals surface area contributed by atoms with E-state index in [1.54, 1.807) is 6.07 Å². The number of likely N-dealkylation sites (tertiary alicyclic amines) is 1. The Balaban J connectivity index is 1.58. The lowest BCUT2D eigenvalue weighted by Crippen LogP contribution is -2.76. The van der Waals surface area contributed by atoms with Gasteiger partial charge < -0.3 is 18.9 Å². The molecule has 1 saturated carbocycles. The number of hydrogen-bond acceptors (Lipinski definition) is 8. The predicted molar refractivity (Wildman–Crippen MR) is 119 cm³/mol. The van der Waals surface area contributed by atoms with Crippen molar-refractivity contribution in [3.05, 3.63) is 35.1 Å². The fraction of sp³-hybridized carbons (Fsp3) is 0.577. The molecule has 2 bridgehead atoms. The molecule has 34 heavy (non-hydrogen) atoms. The fourth-order valence-electron chi connectivity index (χ4n) is 6.98. The molecule has 3 aliphatic carbocycles. The Morgan fingerprint density at radius 3 is 2.53 bits per heavy atom. The Morgan fingerprint density at radius 2 is 1.85 bits per heavy atom. The monoisotopic (exact) mass is 467 g/mol. The number of benzene rings is 1. The second kappa shape index (κ2) is 7.31. The van der Waals surface area contributed by atoms with Crippen molar-refractivity contribution >= 4 is 17.9 Å². The smallest absolute Gasteiger partial charge is 0.308 e. The van der Waals surface area contributed by atoms with E-state index >= 15 is 0 Å². The van der Waals surface area contributed by atoms with Gasteiger partial charge in [0.15, 0.2) is 17.6 Å². The summed E-state index contributed by atoms with van der Waals surface area (Å²) in [6.45, 7) is 5.99. The van der Waals surface area contributed by atoms with Gasteiger partial charge >= 0.3 is 17.9 Å². The predicted octanol–water partition coefficient (Wildman–Crippen LogP) is 2.80. The van der Waals surface area contributed by atoms with Crippen molar-refractivity contribution in [2.45, 2.75) is 76.0 Å². The van der Waals surface area contributed by atoms with Crippen LogP contribution in [-0.2, 0) is 35.7 Å². The number of carbonyl (C=O) groups excluding carboxylic acids is 3. The molecule has 180 valence electrons. The van der Waals surface area contributed by atoms with Crippen LogP contribution in [0.3, 0.4) is 0 Å². The van der Waals surface area contributed by atoms with Crippen LogP contribution in [-0.4, -0.2) is 53.6 Å². The summed E-state index contributed by atoms with van der Waals surface area (Å²) in [5, 5.41) is 0. The summed E-state index contributed by atoms with van der Waals surface area (Å²) < 4.78 is 24.0. The second-order valence-electron chi connectivity index (χ2n) is 10.3. The van der Waals surface area contributed by atoms with Gasteiger partial charge in [-0.05, 0) is 55.9 Å². The topological polar surface area (TPSA) is 91.4 Å². The molecule has 1 spiro atoms. The van der Waals surface area contributed by atoms with Gasteiger partial charge in [0.05, 0.1) is 11.5 Å². The highest BCUT2D eigenvalue weighted by Gasteiger charge is 2.74. The van der Waals surface area contributed by atoms with E-state index in [1.807, 2.05) is 12.1 Å². The zero-order valence-corrected chi connectivity index (χ0v) is 19.7. The van der Waals surface area contributed by atoms with Gasteiger partial charge in [-0.25, -0.2) is 0 Å². The second-order valence-corrected chi connectivity index (χ2v) is 10.3. The maximum atomic E-state index is 12.6. The SMILES string of the molecule is CC(=O)OC1=CC[C@@]2(OC(C)=O)[C@H]3Cc4ccc(OC(C)=O)c5c4[C@@]2(CCN3CC2CC2)[C@H]1O5. The lowest BCUT2D eigenvalue weighted by atomic mass is 9.50. The van der Waals surface area contributed by atoms with Crippen molar-refractivity contribution in [3.63, 3.8) is 0 Å². The molecule has 0 N–H and O–H groups in total. The molecule has 0 unspecified atom stereocenters. The van der Waals surface area contributed by atoms with Gasteiger partial charge in [-0.15, -0.1) is 0 Å². The average molecular weight is 468 g/mol. The summed E-state index contributed by atoms with van der Waals surface area (Å²) in [7, 11) is 0. The Kier molecular flexibility index (Phi) is 4.66. The summed E-state index contributed by atoms with van der Waals surface area (Å²) in [5.74, 6) is 0.744. The molecule has 2 heterocycles. The lowest BCUT2D eigenvalue weighted by Gasteiger charge is -2.63. The number of ether oxygens (including phenoxy) is 4. The number of hydrogen-bond donors (Lipinski definition) is 0. The molecule has 8 nitrogen and oxygen atoms in total. The normalized spacial score (nSPS) is 32.7. The third-order valence-electron chi connectivity index (χ3n) is 8.17. The number of rotatable bonds is 5. The Labute approximate surface area is 198 Å². The van der Waals surface area contributed by atoms with Crippen LogP contribution < -0.4 is 9.47 Å². The Hall–Kier alpha value is -2.87.